The van der Waals surface area contributed by atoms with Crippen LogP contribution in [0.4, 0.5) is 23.1 Å². The molecule has 9 nitrogen and oxygen atoms in total. The third kappa shape index (κ3) is 3.60. The van der Waals surface area contributed by atoms with Crippen LogP contribution in [0.25, 0.3) is 0 Å². The Hall–Kier alpha value is -3.14. The molecule has 1 amide bonds. The van der Waals surface area contributed by atoms with Gasteiger partial charge in [0.25, 0.3) is 0 Å². The van der Waals surface area contributed by atoms with Crippen molar-refractivity contribution in [2.45, 2.75) is 0 Å². The van der Waals surface area contributed by atoms with Gasteiger partial charge in [0.15, 0.2) is 17.4 Å². The van der Waals surface area contributed by atoms with Gasteiger partial charge in [-0.15, -0.1) is 0 Å². The number of nitrogens with two attached hydrogens (primary N) is 1. The molecule has 0 aliphatic rings. The van der Waals surface area contributed by atoms with E-state index in [0.717, 1.165) is 4.47 Å². The molecule has 0 radical (unpaired) electrons. The number of pyridine rings is 1. The van der Waals surface area contributed by atoms with Crippen molar-refractivity contribution in [1.29, 1.82) is 0 Å². The van der Waals surface area contributed by atoms with Crippen LogP contribution in [0, 0.1) is 0 Å². The van der Waals surface area contributed by atoms with Crippen molar-refractivity contribution in [3.8, 4) is 0 Å². The van der Waals surface area contributed by atoms with E-state index in [1.165, 1.54) is 18.7 Å². The zero-order valence-corrected chi connectivity index (χ0v) is 13.7. The van der Waals surface area contributed by atoms with E-state index in [2.05, 4.69) is 47.1 Å². The summed E-state index contributed by atoms with van der Waals surface area (Å²) in [5.41, 5.74) is 11.3. The lowest BCUT2D eigenvalue weighted by Crippen LogP contribution is -2.30. The molecule has 3 heterocycles. The number of nitrogens with one attached hydrogen (secondary N) is 3. The molecule has 0 unspecified atom stereocenters. The third-order valence-electron chi connectivity index (χ3n) is 2.90. The molecule has 0 saturated heterocycles. The quantitative estimate of drug-likeness (QED) is 0.488. The summed E-state index contributed by atoms with van der Waals surface area (Å²) in [4.78, 5) is 24.0. The molecule has 24 heavy (non-hydrogen) atoms. The van der Waals surface area contributed by atoms with E-state index >= 15 is 0 Å². The molecule has 0 aliphatic carbocycles. The smallest absolute Gasteiger partial charge is 0.305 e. The molecule has 3 aromatic rings. The highest BCUT2D eigenvalue weighted by atomic mass is 79.9. The van der Waals surface area contributed by atoms with Crippen LogP contribution in [-0.2, 0) is 0 Å². The standard InChI is InChI=1S/C14H12BrN7O2/c15-8-3-4-10(17-6-8)20-12-11(16)13(19-7-18-12)21-22-14(23)9-2-1-5-24-9/h1-7H,16H2,(H,22,23)(H2,17,18,19,20,21). The SMILES string of the molecule is Nc1c(NNC(=O)c2ccco2)ncnc1Nc1ccc(Br)cn1. The summed E-state index contributed by atoms with van der Waals surface area (Å²) in [5.74, 6) is 0.864. The molecule has 0 atom stereocenters. The molecule has 0 aliphatic heterocycles. The molecular weight excluding hydrogens is 378 g/mol. The number of furan rings is 1. The predicted molar refractivity (Wildman–Crippen MR) is 91.5 cm³/mol. The first kappa shape index (κ1) is 15.7. The molecule has 122 valence electrons. The number of anilines is 4. The van der Waals surface area contributed by atoms with Crippen molar-refractivity contribution < 1.29 is 9.21 Å². The van der Waals surface area contributed by atoms with Crippen LogP contribution in [-0.4, -0.2) is 20.9 Å². The topological polar surface area (TPSA) is 131 Å². The Balaban J connectivity index is 1.71. The van der Waals surface area contributed by atoms with Gasteiger partial charge in [-0.2, -0.15) is 0 Å². The molecule has 3 rings (SSSR count). The van der Waals surface area contributed by atoms with Crippen molar-refractivity contribution >= 4 is 45.0 Å². The minimum Gasteiger partial charge on any atom is -0.459 e. The summed E-state index contributed by atoms with van der Waals surface area (Å²) in [7, 11) is 0. The highest BCUT2D eigenvalue weighted by molar-refractivity contribution is 9.10. The normalized spacial score (nSPS) is 10.2. The second kappa shape index (κ2) is 6.96. The van der Waals surface area contributed by atoms with Gasteiger partial charge < -0.3 is 15.5 Å². The monoisotopic (exact) mass is 389 g/mol. The average Bonchev–Trinajstić information content (AvgIpc) is 3.12. The van der Waals surface area contributed by atoms with Gasteiger partial charge in [-0.05, 0) is 40.2 Å². The summed E-state index contributed by atoms with van der Waals surface area (Å²) >= 11 is 3.31. The number of halogens is 1. The maximum atomic E-state index is 11.8. The van der Waals surface area contributed by atoms with E-state index in [4.69, 9.17) is 10.2 Å². The molecule has 0 fully saturated rings. The van der Waals surface area contributed by atoms with Crippen LogP contribution < -0.4 is 21.9 Å². The van der Waals surface area contributed by atoms with Gasteiger partial charge in [-0.25, -0.2) is 15.0 Å². The van der Waals surface area contributed by atoms with Gasteiger partial charge in [0, 0.05) is 10.7 Å². The number of rotatable bonds is 5. The number of nitrogens with zero attached hydrogens (tertiary/aromatic N) is 3. The average molecular weight is 390 g/mol. The first-order chi connectivity index (χ1) is 11.6. The summed E-state index contributed by atoms with van der Waals surface area (Å²) < 4.78 is 5.84. The Morgan fingerprint density at radius 3 is 2.71 bits per heavy atom. The Labute approximate surface area is 144 Å². The fraction of sp³-hybridized carbons (Fsp3) is 0. The van der Waals surface area contributed by atoms with Crippen LogP contribution in [0.1, 0.15) is 10.6 Å². The van der Waals surface area contributed by atoms with E-state index in [-0.39, 0.29) is 17.3 Å². The zero-order valence-electron chi connectivity index (χ0n) is 12.2. The number of hydrazine groups is 1. The third-order valence-corrected chi connectivity index (χ3v) is 3.37. The molecule has 0 aromatic carbocycles. The Bertz CT molecular complexity index is 837. The van der Waals surface area contributed by atoms with E-state index in [1.807, 2.05) is 6.07 Å². The van der Waals surface area contributed by atoms with Crippen LogP contribution in [0.3, 0.4) is 0 Å². The Morgan fingerprint density at radius 2 is 2.00 bits per heavy atom. The first-order valence-corrected chi connectivity index (χ1v) is 7.51. The second-order valence-corrected chi connectivity index (χ2v) is 5.44. The van der Waals surface area contributed by atoms with Crippen molar-refractivity contribution in [2.75, 3.05) is 16.5 Å². The molecule has 10 heteroatoms. The van der Waals surface area contributed by atoms with E-state index in [0.29, 0.717) is 11.6 Å². The summed E-state index contributed by atoms with van der Waals surface area (Å²) in [6, 6.07) is 6.74. The van der Waals surface area contributed by atoms with Gasteiger partial charge in [0.1, 0.15) is 17.8 Å². The van der Waals surface area contributed by atoms with E-state index in [1.54, 1.807) is 18.3 Å². The van der Waals surface area contributed by atoms with Gasteiger partial charge in [-0.3, -0.25) is 15.6 Å². The van der Waals surface area contributed by atoms with Crippen molar-refractivity contribution in [3.05, 3.63) is 53.3 Å². The zero-order chi connectivity index (χ0) is 16.9. The lowest BCUT2D eigenvalue weighted by molar-refractivity contribution is 0.0935. The summed E-state index contributed by atoms with van der Waals surface area (Å²) in [6.07, 6.45) is 4.35. The molecule has 3 aromatic heterocycles. The lowest BCUT2D eigenvalue weighted by atomic mass is 10.4. The van der Waals surface area contributed by atoms with Gasteiger partial charge in [-0.1, -0.05) is 0 Å². The summed E-state index contributed by atoms with van der Waals surface area (Å²) in [5, 5.41) is 2.98. The number of hydrogen-bond acceptors (Lipinski definition) is 8. The fourth-order valence-electron chi connectivity index (χ4n) is 1.75. The largest absolute Gasteiger partial charge is 0.459 e. The van der Waals surface area contributed by atoms with Crippen LogP contribution >= 0.6 is 15.9 Å². The van der Waals surface area contributed by atoms with Gasteiger partial charge in [0.2, 0.25) is 0 Å². The van der Waals surface area contributed by atoms with Crippen molar-refractivity contribution in [2.24, 2.45) is 0 Å². The number of nitrogen functional groups attached to an aromatic ring is 1. The number of carbonyl (C=O) groups is 1. The molecule has 5 N–H and O–H groups in total. The first-order valence-electron chi connectivity index (χ1n) is 6.72. The van der Waals surface area contributed by atoms with E-state index < -0.39 is 5.91 Å². The number of amides is 1. The van der Waals surface area contributed by atoms with Crippen molar-refractivity contribution in [3.63, 3.8) is 0 Å². The van der Waals surface area contributed by atoms with Crippen LogP contribution in [0.2, 0.25) is 0 Å². The van der Waals surface area contributed by atoms with Crippen LogP contribution in [0.5, 0.6) is 0 Å². The highest BCUT2D eigenvalue weighted by Crippen LogP contribution is 2.24. The molecular formula is C14H12BrN7O2. The number of hydrogen-bond donors (Lipinski definition) is 4. The Kier molecular flexibility index (Phi) is 4.57. The maximum absolute atomic E-state index is 11.8. The van der Waals surface area contributed by atoms with Gasteiger partial charge in [0.05, 0.1) is 6.26 Å². The minimum atomic E-state index is -0.456. The minimum absolute atomic E-state index is 0.160. The number of aromatic nitrogens is 3. The maximum Gasteiger partial charge on any atom is 0.305 e. The molecule has 0 saturated carbocycles. The summed E-state index contributed by atoms with van der Waals surface area (Å²) in [6.45, 7) is 0. The van der Waals surface area contributed by atoms with Gasteiger partial charge >= 0.3 is 5.91 Å². The van der Waals surface area contributed by atoms with Crippen LogP contribution in [0.15, 0.2) is 51.9 Å². The van der Waals surface area contributed by atoms with E-state index in [9.17, 15) is 4.79 Å². The van der Waals surface area contributed by atoms with Crippen molar-refractivity contribution in [1.82, 2.24) is 20.4 Å². The highest BCUT2D eigenvalue weighted by Gasteiger charge is 2.12. The fourth-order valence-corrected chi connectivity index (χ4v) is 1.99. The lowest BCUT2D eigenvalue weighted by Gasteiger charge is -2.12. The molecule has 0 bridgehead atoms. The Morgan fingerprint density at radius 1 is 1.17 bits per heavy atom. The predicted octanol–water partition coefficient (Wildman–Crippen LogP) is 2.31. The molecule has 0 spiro atoms. The number of carbonyl (C=O) groups excluding carboxylic acids is 1. The second-order valence-electron chi connectivity index (χ2n) is 4.53.